The van der Waals surface area contributed by atoms with Crippen LogP contribution in [0.1, 0.15) is 62.9 Å². The lowest BCUT2D eigenvalue weighted by Gasteiger charge is -2.18. The molecule has 1 heterocycles. The number of likely N-dealkylation sites (N-methyl/N-ethyl adjacent to an activating group) is 1. The normalized spacial score (nSPS) is 21.0. The number of amides is 1. The fourth-order valence-corrected chi connectivity index (χ4v) is 3.79. The summed E-state index contributed by atoms with van der Waals surface area (Å²) in [6.45, 7) is 8.33. The quantitative estimate of drug-likeness (QED) is 0.348. The van der Waals surface area contributed by atoms with Crippen LogP contribution in [0, 0.1) is 0 Å². The van der Waals surface area contributed by atoms with E-state index in [1.54, 1.807) is 17.9 Å². The Hall–Kier alpha value is -3.00. The molecule has 0 radical (unpaired) electrons. The maximum absolute atomic E-state index is 12.9. The van der Waals surface area contributed by atoms with Crippen LogP contribution in [0.2, 0.25) is 5.02 Å². The lowest BCUT2D eigenvalue weighted by atomic mass is 9.98. The number of halogens is 1. The average molecular weight is 493 g/mol. The van der Waals surface area contributed by atoms with E-state index >= 15 is 0 Å². The largest absolute Gasteiger partial charge is 0.507 e. The topological polar surface area (TPSA) is 109 Å². The van der Waals surface area contributed by atoms with Gasteiger partial charge in [-0.3, -0.25) is 4.79 Å². The number of oxime groups is 1. The molecule has 0 aliphatic carbocycles. The summed E-state index contributed by atoms with van der Waals surface area (Å²) in [5, 5.41) is 24.7. The van der Waals surface area contributed by atoms with Gasteiger partial charge in [-0.05, 0) is 52.2 Å². The standard InChI is InChI=1S/C25H33ClN2O6/c1-5-28(6-2)22(31)15-33-27-18-12-16(3)10-8-7-9-11-17(4)34-25(32)23-19(13-18)24(26)21(30)14-20(23)29/h7,9,12,14,17,29-30H,5-6,8,10-11,13,15H2,1-4H3/b9-7+,16-12+,27-18+/t17-/m1/s1. The zero-order valence-electron chi connectivity index (χ0n) is 20.1. The molecule has 0 aromatic heterocycles. The number of phenolic OH excluding ortho intramolecular Hbond substituents is 2. The van der Waals surface area contributed by atoms with Crippen LogP contribution in [0.5, 0.6) is 11.5 Å². The highest BCUT2D eigenvalue weighted by Crippen LogP contribution is 2.37. The fraction of sp³-hybridized carbons (Fsp3) is 0.480. The van der Waals surface area contributed by atoms with E-state index in [4.69, 9.17) is 21.2 Å². The van der Waals surface area contributed by atoms with Gasteiger partial charge in [0.05, 0.1) is 10.7 Å². The number of hydrogen-bond acceptors (Lipinski definition) is 7. The minimum atomic E-state index is -0.759. The second-order valence-corrected chi connectivity index (χ2v) is 8.51. The van der Waals surface area contributed by atoms with Gasteiger partial charge < -0.3 is 24.7 Å². The Kier molecular flexibility index (Phi) is 10.4. The van der Waals surface area contributed by atoms with E-state index in [-0.39, 0.29) is 40.8 Å². The molecular weight excluding hydrogens is 460 g/mol. The number of fused-ring (bicyclic) bond motifs is 1. The number of benzene rings is 1. The van der Waals surface area contributed by atoms with Crippen LogP contribution < -0.4 is 0 Å². The summed E-state index contributed by atoms with van der Waals surface area (Å²) in [5.74, 6) is -1.78. The molecule has 34 heavy (non-hydrogen) atoms. The summed E-state index contributed by atoms with van der Waals surface area (Å²) in [5.41, 5.74) is 1.38. The molecule has 1 aliphatic rings. The molecule has 0 spiro atoms. The number of phenols is 2. The molecule has 1 aromatic carbocycles. The summed E-state index contributed by atoms with van der Waals surface area (Å²) in [4.78, 5) is 32.1. The summed E-state index contributed by atoms with van der Waals surface area (Å²) in [6, 6.07) is 1.01. The molecule has 0 saturated carbocycles. The third kappa shape index (κ3) is 7.52. The first-order valence-corrected chi connectivity index (χ1v) is 11.8. The molecule has 1 atom stereocenters. The molecule has 1 aromatic rings. The van der Waals surface area contributed by atoms with Crippen molar-refractivity contribution in [3.63, 3.8) is 0 Å². The number of allylic oxidation sites excluding steroid dienone is 3. The molecular formula is C25H33ClN2O6. The third-order valence-electron chi connectivity index (χ3n) is 5.43. The Morgan fingerprint density at radius 3 is 2.65 bits per heavy atom. The molecule has 8 nitrogen and oxygen atoms in total. The minimum Gasteiger partial charge on any atom is -0.507 e. The van der Waals surface area contributed by atoms with Crippen LogP contribution in [0.3, 0.4) is 0 Å². The first-order chi connectivity index (χ1) is 16.2. The number of hydrogen-bond donors (Lipinski definition) is 2. The SMILES string of the molecule is CCN(CC)C(=O)CO/N=C1\C=C(/C)CC/C=C/C[C@@H](C)OC(=O)c2c(O)cc(O)c(Cl)c2C1. The second-order valence-electron chi connectivity index (χ2n) is 8.13. The number of carbonyl (C=O) groups excluding carboxylic acids is 2. The molecule has 9 heteroatoms. The maximum atomic E-state index is 12.9. The zero-order chi connectivity index (χ0) is 25.3. The third-order valence-corrected chi connectivity index (χ3v) is 5.85. The monoisotopic (exact) mass is 492 g/mol. The van der Waals surface area contributed by atoms with Crippen molar-refractivity contribution >= 4 is 29.2 Å². The van der Waals surface area contributed by atoms with E-state index in [1.807, 2.05) is 32.9 Å². The van der Waals surface area contributed by atoms with Crippen molar-refractivity contribution < 1.29 is 29.4 Å². The molecule has 1 aliphatic heterocycles. The summed E-state index contributed by atoms with van der Waals surface area (Å²) in [7, 11) is 0. The number of ether oxygens (including phenoxy) is 1. The Labute approximate surface area is 205 Å². The Bertz CT molecular complexity index is 982. The van der Waals surface area contributed by atoms with Gasteiger partial charge in [0.15, 0.2) is 6.61 Å². The number of rotatable bonds is 5. The number of nitrogens with zero attached hydrogens (tertiary/aromatic N) is 2. The van der Waals surface area contributed by atoms with Crippen molar-refractivity contribution in [2.45, 2.75) is 59.5 Å². The molecule has 2 rings (SSSR count). The van der Waals surface area contributed by atoms with Crippen LogP contribution in [0.4, 0.5) is 0 Å². The van der Waals surface area contributed by atoms with Gasteiger partial charge >= 0.3 is 5.97 Å². The highest BCUT2D eigenvalue weighted by molar-refractivity contribution is 6.33. The van der Waals surface area contributed by atoms with Gasteiger partial charge in [0.25, 0.3) is 5.91 Å². The molecule has 0 unspecified atom stereocenters. The highest BCUT2D eigenvalue weighted by Gasteiger charge is 2.26. The smallest absolute Gasteiger partial charge is 0.342 e. The number of cyclic esters (lactones) is 1. The van der Waals surface area contributed by atoms with Gasteiger partial charge in [-0.2, -0.15) is 0 Å². The number of aromatic hydroxyl groups is 2. The van der Waals surface area contributed by atoms with Crippen molar-refractivity contribution in [2.24, 2.45) is 5.16 Å². The van der Waals surface area contributed by atoms with Gasteiger partial charge in [0.1, 0.15) is 23.2 Å². The van der Waals surface area contributed by atoms with Crippen LogP contribution in [-0.4, -0.2) is 58.5 Å². The Morgan fingerprint density at radius 2 is 1.97 bits per heavy atom. The van der Waals surface area contributed by atoms with E-state index in [2.05, 4.69) is 5.16 Å². The zero-order valence-corrected chi connectivity index (χ0v) is 20.9. The fourth-order valence-electron chi connectivity index (χ4n) is 3.57. The Balaban J connectivity index is 2.49. The van der Waals surface area contributed by atoms with Crippen LogP contribution in [0.25, 0.3) is 0 Å². The van der Waals surface area contributed by atoms with Crippen molar-refractivity contribution in [3.05, 3.63) is 46.0 Å². The van der Waals surface area contributed by atoms with Crippen LogP contribution in [0.15, 0.2) is 35.0 Å². The summed E-state index contributed by atoms with van der Waals surface area (Å²) < 4.78 is 5.49. The number of esters is 1. The highest BCUT2D eigenvalue weighted by atomic mass is 35.5. The van der Waals surface area contributed by atoms with Gasteiger partial charge in [-0.1, -0.05) is 34.5 Å². The molecule has 0 fully saturated rings. The van der Waals surface area contributed by atoms with E-state index in [9.17, 15) is 19.8 Å². The minimum absolute atomic E-state index is 0.0355. The second kappa shape index (κ2) is 13.0. The first kappa shape index (κ1) is 27.2. The molecule has 0 bridgehead atoms. The first-order valence-electron chi connectivity index (χ1n) is 11.4. The van der Waals surface area contributed by atoms with E-state index in [0.29, 0.717) is 25.2 Å². The van der Waals surface area contributed by atoms with Gasteiger partial charge in [0, 0.05) is 32.0 Å². The van der Waals surface area contributed by atoms with Crippen molar-refractivity contribution in [2.75, 3.05) is 19.7 Å². The van der Waals surface area contributed by atoms with E-state index < -0.39 is 17.8 Å². The van der Waals surface area contributed by atoms with Gasteiger partial charge in [-0.25, -0.2) is 4.79 Å². The van der Waals surface area contributed by atoms with Crippen LogP contribution >= 0.6 is 11.6 Å². The predicted octanol–water partition coefficient (Wildman–Crippen LogP) is 4.77. The van der Waals surface area contributed by atoms with Crippen molar-refractivity contribution in [3.8, 4) is 11.5 Å². The van der Waals surface area contributed by atoms with E-state index in [1.165, 1.54) is 0 Å². The Morgan fingerprint density at radius 1 is 1.26 bits per heavy atom. The predicted molar refractivity (Wildman–Crippen MR) is 131 cm³/mol. The van der Waals surface area contributed by atoms with E-state index in [0.717, 1.165) is 24.5 Å². The average Bonchev–Trinajstić information content (AvgIpc) is 2.77. The van der Waals surface area contributed by atoms with Crippen LogP contribution in [-0.2, 0) is 20.8 Å². The number of carbonyl (C=O) groups is 2. The van der Waals surface area contributed by atoms with Crippen molar-refractivity contribution in [1.29, 1.82) is 0 Å². The lowest BCUT2D eigenvalue weighted by Crippen LogP contribution is -2.33. The van der Waals surface area contributed by atoms with Gasteiger partial charge in [0.2, 0.25) is 0 Å². The molecule has 0 saturated heterocycles. The molecule has 2 N–H and O–H groups in total. The molecule has 1 amide bonds. The maximum Gasteiger partial charge on any atom is 0.342 e. The molecule has 186 valence electrons. The van der Waals surface area contributed by atoms with Gasteiger partial charge in [-0.15, -0.1) is 0 Å². The van der Waals surface area contributed by atoms with Crippen molar-refractivity contribution in [1.82, 2.24) is 4.90 Å². The summed E-state index contributed by atoms with van der Waals surface area (Å²) in [6.07, 6.45) is 7.36. The summed E-state index contributed by atoms with van der Waals surface area (Å²) >= 11 is 6.34. The lowest BCUT2D eigenvalue weighted by molar-refractivity contribution is -0.135.